The number of alkyl halides is 3. The molecule has 40 heavy (non-hydrogen) atoms. The Labute approximate surface area is 238 Å². The van der Waals surface area contributed by atoms with E-state index in [4.69, 9.17) is 37.4 Å². The van der Waals surface area contributed by atoms with E-state index in [1.807, 2.05) is 43.3 Å². The van der Waals surface area contributed by atoms with Crippen molar-refractivity contribution in [1.29, 1.82) is 0 Å². The number of H-pyrrole nitrogens is 1. The summed E-state index contributed by atoms with van der Waals surface area (Å²) in [5, 5.41) is 9.31. The van der Waals surface area contributed by atoms with Crippen LogP contribution >= 0.6 is 23.2 Å². The predicted octanol–water partition coefficient (Wildman–Crippen LogP) is 7.34. The third kappa shape index (κ3) is 5.45. The van der Waals surface area contributed by atoms with Gasteiger partial charge in [0.2, 0.25) is 5.79 Å². The number of aromatic nitrogens is 3. The van der Waals surface area contributed by atoms with Crippen molar-refractivity contribution in [2.45, 2.75) is 44.4 Å². The summed E-state index contributed by atoms with van der Waals surface area (Å²) in [6.45, 7) is 1.76. The van der Waals surface area contributed by atoms with Gasteiger partial charge in [-0.05, 0) is 43.3 Å². The van der Waals surface area contributed by atoms with Gasteiger partial charge in [-0.15, -0.1) is 0 Å². The Kier molecular flexibility index (Phi) is 7.06. The average Bonchev–Trinajstić information content (AvgIpc) is 3.32. The number of hydrogen-bond acceptors (Lipinski definition) is 6. The summed E-state index contributed by atoms with van der Waals surface area (Å²) in [4.78, 5) is 5.38. The second-order valence-corrected chi connectivity index (χ2v) is 10.9. The molecule has 1 spiro atoms. The molecule has 0 aliphatic carbocycles. The Balaban J connectivity index is 1.20. The van der Waals surface area contributed by atoms with Crippen LogP contribution in [0.1, 0.15) is 37.0 Å². The highest BCUT2D eigenvalue weighted by Gasteiger charge is 2.43. The minimum absolute atomic E-state index is 0.259. The number of piperidine rings is 1. The van der Waals surface area contributed by atoms with Gasteiger partial charge in [0.1, 0.15) is 23.3 Å². The number of pyridine rings is 1. The maximum absolute atomic E-state index is 12.8. The molecule has 1 saturated heterocycles. The van der Waals surface area contributed by atoms with Gasteiger partial charge >= 0.3 is 6.18 Å². The first kappa shape index (κ1) is 27.1. The molecule has 0 amide bonds. The number of rotatable bonds is 5. The molecule has 6 rings (SSSR count). The van der Waals surface area contributed by atoms with Crippen LogP contribution in [0.3, 0.4) is 0 Å². The van der Waals surface area contributed by atoms with Crippen molar-refractivity contribution in [2.24, 2.45) is 0 Å². The zero-order chi connectivity index (χ0) is 28.1. The smallest absolute Gasteiger partial charge is 0.401 e. The zero-order valence-corrected chi connectivity index (χ0v) is 22.9. The minimum Gasteiger partial charge on any atom is -0.486 e. The molecular formula is C28H25Cl2F3N4O3. The lowest BCUT2D eigenvalue weighted by molar-refractivity contribution is -0.234. The van der Waals surface area contributed by atoms with Crippen LogP contribution in [-0.2, 0) is 11.3 Å². The van der Waals surface area contributed by atoms with Gasteiger partial charge in [0, 0.05) is 60.4 Å². The lowest BCUT2D eigenvalue weighted by atomic mass is 9.99. The van der Waals surface area contributed by atoms with Crippen molar-refractivity contribution in [3.63, 3.8) is 0 Å². The summed E-state index contributed by atoms with van der Waals surface area (Å²) in [6.07, 6.45) is -0.840. The molecule has 1 fully saturated rings. The number of aromatic amines is 1. The minimum atomic E-state index is -4.22. The lowest BCUT2D eigenvalue weighted by Gasteiger charge is -2.44. The third-order valence-corrected chi connectivity index (χ3v) is 7.89. The third-order valence-electron chi connectivity index (χ3n) is 7.29. The molecule has 2 aliphatic heterocycles. The Morgan fingerprint density at radius 2 is 1.85 bits per heavy atom. The zero-order valence-electron chi connectivity index (χ0n) is 21.4. The highest BCUT2D eigenvalue weighted by Crippen LogP contribution is 2.41. The molecule has 0 unspecified atom stereocenters. The van der Waals surface area contributed by atoms with Crippen LogP contribution in [0.5, 0.6) is 11.5 Å². The van der Waals surface area contributed by atoms with E-state index in [1.165, 1.54) is 17.3 Å². The van der Waals surface area contributed by atoms with Crippen molar-refractivity contribution in [3.05, 3.63) is 70.0 Å². The molecule has 2 aromatic heterocycles. The number of nitrogens with zero attached hydrogens (tertiary/aromatic N) is 3. The number of fused-ring (bicyclic) bond motifs is 2. The maximum Gasteiger partial charge on any atom is 0.401 e. The van der Waals surface area contributed by atoms with Crippen molar-refractivity contribution in [2.75, 3.05) is 19.6 Å². The highest BCUT2D eigenvalue weighted by molar-refractivity contribution is 6.35. The molecule has 0 saturated carbocycles. The normalized spacial score (nSPS) is 17.9. The van der Waals surface area contributed by atoms with Gasteiger partial charge in [0.05, 0.1) is 28.7 Å². The molecule has 12 heteroatoms. The van der Waals surface area contributed by atoms with E-state index in [9.17, 15) is 13.2 Å². The van der Waals surface area contributed by atoms with Crippen LogP contribution in [-0.4, -0.2) is 51.7 Å². The summed E-state index contributed by atoms with van der Waals surface area (Å²) >= 11 is 12.6. The van der Waals surface area contributed by atoms with E-state index in [-0.39, 0.29) is 13.1 Å². The molecule has 1 N–H and O–H groups in total. The number of likely N-dealkylation sites (tertiary alicyclic amines) is 1. The van der Waals surface area contributed by atoms with Gasteiger partial charge < -0.3 is 14.2 Å². The topological polar surface area (TPSA) is 72.5 Å². The fourth-order valence-corrected chi connectivity index (χ4v) is 5.96. The number of halogens is 5. The molecule has 0 radical (unpaired) electrons. The highest BCUT2D eigenvalue weighted by atomic mass is 35.5. The van der Waals surface area contributed by atoms with Gasteiger partial charge in [-0.2, -0.15) is 18.3 Å². The Morgan fingerprint density at radius 1 is 1.10 bits per heavy atom. The van der Waals surface area contributed by atoms with Crippen LogP contribution in [0.4, 0.5) is 13.2 Å². The largest absolute Gasteiger partial charge is 0.486 e. The molecule has 1 atom stereocenters. The quantitative estimate of drug-likeness (QED) is 0.261. The first-order valence-electron chi connectivity index (χ1n) is 12.8. The van der Waals surface area contributed by atoms with Gasteiger partial charge in [0.25, 0.3) is 0 Å². The standard InChI is InChI=1S/C28H25Cl2F3N4O3/c1-16(25-21(29)12-34-13-22(25)30)39-19-3-4-23-20(11-19)26(36-35-23)17-2-5-24-18(10-17)14-38-27(40-24)6-8-37(9-7-27)15-28(31,32)33/h2-5,10-13,16H,6-9,14-15H2,1H3,(H,35,36)/t16-/m1/s1. The number of benzene rings is 2. The molecule has 4 heterocycles. The van der Waals surface area contributed by atoms with E-state index in [2.05, 4.69) is 15.2 Å². The first-order chi connectivity index (χ1) is 19.1. The van der Waals surface area contributed by atoms with Crippen molar-refractivity contribution in [1.82, 2.24) is 20.1 Å². The van der Waals surface area contributed by atoms with E-state index >= 15 is 0 Å². The van der Waals surface area contributed by atoms with E-state index in [0.29, 0.717) is 46.6 Å². The number of ether oxygens (including phenoxy) is 3. The molecule has 2 aromatic carbocycles. The lowest BCUT2D eigenvalue weighted by Crippen LogP contribution is -2.52. The summed E-state index contributed by atoms with van der Waals surface area (Å²) < 4.78 is 56.8. The van der Waals surface area contributed by atoms with Crippen LogP contribution in [0.25, 0.3) is 22.2 Å². The Hall–Kier alpha value is -3.05. The second kappa shape index (κ2) is 10.4. The van der Waals surface area contributed by atoms with Gasteiger partial charge in [-0.3, -0.25) is 15.0 Å². The van der Waals surface area contributed by atoms with E-state index in [0.717, 1.165) is 27.7 Å². The molecular weight excluding hydrogens is 568 g/mol. The van der Waals surface area contributed by atoms with Crippen LogP contribution in [0.2, 0.25) is 10.0 Å². The second-order valence-electron chi connectivity index (χ2n) is 10.1. The Bertz CT molecular complexity index is 1530. The van der Waals surface area contributed by atoms with Crippen molar-refractivity contribution >= 4 is 34.1 Å². The van der Waals surface area contributed by atoms with Gasteiger partial charge in [-0.25, -0.2) is 0 Å². The summed E-state index contributed by atoms with van der Waals surface area (Å²) in [7, 11) is 0. The summed E-state index contributed by atoms with van der Waals surface area (Å²) in [6, 6.07) is 11.4. The van der Waals surface area contributed by atoms with Gasteiger partial charge in [-0.1, -0.05) is 23.2 Å². The molecule has 4 aromatic rings. The molecule has 0 bridgehead atoms. The number of nitrogens with one attached hydrogen (secondary N) is 1. The van der Waals surface area contributed by atoms with E-state index < -0.39 is 24.6 Å². The number of hydrogen-bond donors (Lipinski definition) is 1. The van der Waals surface area contributed by atoms with Crippen LogP contribution in [0.15, 0.2) is 48.8 Å². The average molecular weight is 593 g/mol. The molecule has 210 valence electrons. The maximum atomic E-state index is 12.8. The van der Waals surface area contributed by atoms with Crippen molar-refractivity contribution < 1.29 is 27.4 Å². The fourth-order valence-electron chi connectivity index (χ4n) is 5.29. The summed E-state index contributed by atoms with van der Waals surface area (Å²) in [5.74, 6) is 0.386. The predicted molar refractivity (Wildman–Crippen MR) is 145 cm³/mol. The fraction of sp³-hybridized carbons (Fsp3) is 0.357. The monoisotopic (exact) mass is 592 g/mol. The SMILES string of the molecule is C[C@@H](Oc1ccc2[nH]nc(-c3ccc4c(c3)COC3(CCN(CC(F)(F)F)CC3)O4)c2c1)c1c(Cl)cncc1Cl. The Morgan fingerprint density at radius 3 is 2.58 bits per heavy atom. The van der Waals surface area contributed by atoms with Crippen molar-refractivity contribution in [3.8, 4) is 22.8 Å². The van der Waals surface area contributed by atoms with Crippen LogP contribution in [0, 0.1) is 0 Å². The first-order valence-corrected chi connectivity index (χ1v) is 13.5. The molecule has 2 aliphatic rings. The van der Waals surface area contributed by atoms with Gasteiger partial charge in [0.15, 0.2) is 0 Å². The van der Waals surface area contributed by atoms with E-state index in [1.54, 1.807) is 0 Å². The molecule has 7 nitrogen and oxygen atoms in total. The van der Waals surface area contributed by atoms with Crippen LogP contribution < -0.4 is 9.47 Å². The summed E-state index contributed by atoms with van der Waals surface area (Å²) in [5.41, 5.74) is 3.93.